The van der Waals surface area contributed by atoms with Crippen LogP contribution in [0, 0.1) is 5.92 Å². The average Bonchev–Trinajstić information content (AvgIpc) is 2.36. The molecule has 1 aromatic rings. The molecule has 20 heavy (non-hydrogen) atoms. The molecule has 1 unspecified atom stereocenters. The van der Waals surface area contributed by atoms with Gasteiger partial charge < -0.3 is 4.90 Å². The number of benzene rings is 1. The number of carbonyl (C=O) groups excluding carboxylic acids is 1. The van der Waals surface area contributed by atoms with E-state index in [2.05, 4.69) is 6.92 Å². The Morgan fingerprint density at radius 2 is 2.10 bits per heavy atom. The minimum atomic E-state index is -3.88. The molecular weight excluding hydrogens is 300 g/mol. The summed E-state index contributed by atoms with van der Waals surface area (Å²) in [6, 6.07) is 3.99. The lowest BCUT2D eigenvalue weighted by molar-refractivity contribution is 0.0683. The van der Waals surface area contributed by atoms with Crippen molar-refractivity contribution in [3.63, 3.8) is 0 Å². The summed E-state index contributed by atoms with van der Waals surface area (Å²) in [6.45, 7) is 3.45. The monoisotopic (exact) mass is 316 g/mol. The van der Waals surface area contributed by atoms with Crippen LogP contribution in [0.4, 0.5) is 0 Å². The highest BCUT2D eigenvalue weighted by atomic mass is 35.5. The summed E-state index contributed by atoms with van der Waals surface area (Å²) in [6.07, 6.45) is 2.05. The number of piperidine rings is 1. The zero-order valence-corrected chi connectivity index (χ0v) is 12.7. The molecule has 1 aliphatic heterocycles. The molecule has 0 aliphatic carbocycles. The Labute approximate surface area is 123 Å². The maximum absolute atomic E-state index is 12.4. The van der Waals surface area contributed by atoms with Crippen molar-refractivity contribution < 1.29 is 13.2 Å². The van der Waals surface area contributed by atoms with E-state index in [0.29, 0.717) is 19.0 Å². The van der Waals surface area contributed by atoms with Crippen LogP contribution >= 0.6 is 11.6 Å². The molecule has 1 fully saturated rings. The summed E-state index contributed by atoms with van der Waals surface area (Å²) in [5.41, 5.74) is 0.260. The van der Waals surface area contributed by atoms with Crippen molar-refractivity contribution in [2.24, 2.45) is 11.1 Å². The van der Waals surface area contributed by atoms with Gasteiger partial charge in [-0.3, -0.25) is 4.79 Å². The fourth-order valence-corrected chi connectivity index (χ4v) is 3.29. The first-order valence-corrected chi connectivity index (χ1v) is 8.32. The van der Waals surface area contributed by atoms with Crippen LogP contribution in [-0.4, -0.2) is 32.3 Å². The molecule has 2 rings (SSSR count). The van der Waals surface area contributed by atoms with Crippen molar-refractivity contribution in [1.82, 2.24) is 4.90 Å². The lowest BCUT2D eigenvalue weighted by atomic mass is 9.99. The van der Waals surface area contributed by atoms with Gasteiger partial charge in [0.1, 0.15) is 0 Å². The molecule has 5 nitrogen and oxygen atoms in total. The molecule has 0 saturated carbocycles. The molecule has 0 aromatic heterocycles. The molecule has 0 spiro atoms. The molecule has 1 saturated heterocycles. The van der Waals surface area contributed by atoms with Crippen molar-refractivity contribution in [1.29, 1.82) is 0 Å². The molecule has 110 valence electrons. The maximum atomic E-state index is 12.4. The number of hydrogen-bond donors (Lipinski definition) is 1. The Morgan fingerprint density at radius 3 is 2.70 bits per heavy atom. The lowest BCUT2D eigenvalue weighted by Crippen LogP contribution is -2.39. The predicted molar refractivity (Wildman–Crippen MR) is 77.1 cm³/mol. The van der Waals surface area contributed by atoms with Crippen LogP contribution in [0.15, 0.2) is 23.1 Å². The summed E-state index contributed by atoms with van der Waals surface area (Å²) in [5.74, 6) is 0.244. The van der Waals surface area contributed by atoms with Crippen LogP contribution in [-0.2, 0) is 10.0 Å². The van der Waals surface area contributed by atoms with Crippen molar-refractivity contribution in [2.75, 3.05) is 13.1 Å². The topological polar surface area (TPSA) is 80.5 Å². The minimum Gasteiger partial charge on any atom is -0.338 e. The van der Waals surface area contributed by atoms with Crippen LogP contribution in [0.25, 0.3) is 0 Å². The number of likely N-dealkylation sites (tertiary alicyclic amines) is 1. The highest BCUT2D eigenvalue weighted by molar-refractivity contribution is 7.89. The molecule has 0 bridgehead atoms. The summed E-state index contributed by atoms with van der Waals surface area (Å²) >= 11 is 5.88. The lowest BCUT2D eigenvalue weighted by Gasteiger charge is -2.31. The molecule has 1 amide bonds. The van der Waals surface area contributed by atoms with Gasteiger partial charge in [0, 0.05) is 23.7 Å². The summed E-state index contributed by atoms with van der Waals surface area (Å²) in [4.78, 5) is 14.0. The SMILES string of the molecule is CC1CCCN(C(=O)c2cc(Cl)cc(S(N)(=O)=O)c2)C1. The van der Waals surface area contributed by atoms with E-state index in [1.807, 2.05) is 0 Å². The number of primary sulfonamides is 1. The van der Waals surface area contributed by atoms with E-state index in [0.717, 1.165) is 12.8 Å². The van der Waals surface area contributed by atoms with E-state index in [1.54, 1.807) is 4.90 Å². The Kier molecular flexibility index (Phi) is 4.36. The van der Waals surface area contributed by atoms with E-state index >= 15 is 0 Å². The predicted octanol–water partition coefficient (Wildman–Crippen LogP) is 1.86. The number of sulfonamides is 1. The van der Waals surface area contributed by atoms with Gasteiger partial charge in [-0.25, -0.2) is 13.6 Å². The summed E-state index contributed by atoms with van der Waals surface area (Å²) < 4.78 is 22.8. The Balaban J connectivity index is 2.32. The van der Waals surface area contributed by atoms with Crippen molar-refractivity contribution in [3.05, 3.63) is 28.8 Å². The van der Waals surface area contributed by atoms with Gasteiger partial charge in [0.2, 0.25) is 10.0 Å². The van der Waals surface area contributed by atoms with Crippen LogP contribution in [0.3, 0.4) is 0 Å². The van der Waals surface area contributed by atoms with Gasteiger partial charge >= 0.3 is 0 Å². The molecular formula is C13H17ClN2O3S. The smallest absolute Gasteiger partial charge is 0.253 e. The third-order valence-electron chi connectivity index (χ3n) is 3.39. The molecule has 1 aliphatic rings. The fraction of sp³-hybridized carbons (Fsp3) is 0.462. The Bertz CT molecular complexity index is 631. The molecule has 1 aromatic carbocycles. The number of amides is 1. The number of hydrogen-bond acceptors (Lipinski definition) is 3. The van der Waals surface area contributed by atoms with Gasteiger partial charge in [-0.2, -0.15) is 0 Å². The van der Waals surface area contributed by atoms with E-state index in [4.69, 9.17) is 16.7 Å². The average molecular weight is 317 g/mol. The van der Waals surface area contributed by atoms with Crippen LogP contribution in [0.1, 0.15) is 30.1 Å². The quantitative estimate of drug-likeness (QED) is 0.904. The largest absolute Gasteiger partial charge is 0.338 e. The fourth-order valence-electron chi connectivity index (χ4n) is 2.41. The van der Waals surface area contributed by atoms with E-state index in [1.165, 1.54) is 18.2 Å². The summed E-state index contributed by atoms with van der Waals surface area (Å²) in [5, 5.41) is 5.27. The molecule has 1 heterocycles. The van der Waals surface area contributed by atoms with E-state index < -0.39 is 10.0 Å². The number of nitrogens with zero attached hydrogens (tertiary/aromatic N) is 1. The van der Waals surface area contributed by atoms with Crippen molar-refractivity contribution in [2.45, 2.75) is 24.7 Å². The van der Waals surface area contributed by atoms with Crippen molar-refractivity contribution >= 4 is 27.5 Å². The zero-order chi connectivity index (χ0) is 14.9. The second-order valence-electron chi connectivity index (χ2n) is 5.22. The normalized spacial score (nSPS) is 19.9. The molecule has 2 N–H and O–H groups in total. The van der Waals surface area contributed by atoms with Gasteiger partial charge in [0.05, 0.1) is 4.90 Å². The van der Waals surface area contributed by atoms with E-state index in [-0.39, 0.29) is 21.4 Å². The maximum Gasteiger partial charge on any atom is 0.253 e. The first kappa shape index (κ1) is 15.3. The molecule has 7 heteroatoms. The van der Waals surface area contributed by atoms with Gasteiger partial charge in [-0.05, 0) is 37.0 Å². The Hall–Kier alpha value is -1.11. The van der Waals surface area contributed by atoms with E-state index in [9.17, 15) is 13.2 Å². The van der Waals surface area contributed by atoms with Crippen LogP contribution < -0.4 is 5.14 Å². The number of halogens is 1. The molecule has 1 atom stereocenters. The Morgan fingerprint density at radius 1 is 1.40 bits per heavy atom. The standard InChI is InChI=1S/C13H17ClN2O3S/c1-9-3-2-4-16(8-9)13(17)10-5-11(14)7-12(6-10)20(15,18)19/h5-7,9H,2-4,8H2,1H3,(H2,15,18,19). The third-order valence-corrected chi connectivity index (χ3v) is 4.50. The third kappa shape index (κ3) is 3.50. The second kappa shape index (κ2) is 5.71. The minimum absolute atomic E-state index is 0.140. The highest BCUT2D eigenvalue weighted by Crippen LogP contribution is 2.22. The first-order chi connectivity index (χ1) is 9.27. The first-order valence-electron chi connectivity index (χ1n) is 6.40. The number of carbonyl (C=O) groups is 1. The van der Waals surface area contributed by atoms with Gasteiger partial charge in [-0.1, -0.05) is 18.5 Å². The summed E-state index contributed by atoms with van der Waals surface area (Å²) in [7, 11) is -3.88. The number of rotatable bonds is 2. The van der Waals surface area contributed by atoms with Crippen LogP contribution in [0.5, 0.6) is 0 Å². The van der Waals surface area contributed by atoms with Gasteiger partial charge in [0.15, 0.2) is 0 Å². The van der Waals surface area contributed by atoms with Gasteiger partial charge in [-0.15, -0.1) is 0 Å². The second-order valence-corrected chi connectivity index (χ2v) is 7.22. The van der Waals surface area contributed by atoms with Gasteiger partial charge in [0.25, 0.3) is 5.91 Å². The molecule has 0 radical (unpaired) electrons. The highest BCUT2D eigenvalue weighted by Gasteiger charge is 2.23. The zero-order valence-electron chi connectivity index (χ0n) is 11.2. The van der Waals surface area contributed by atoms with Crippen LogP contribution in [0.2, 0.25) is 5.02 Å². The number of nitrogens with two attached hydrogens (primary N) is 1. The van der Waals surface area contributed by atoms with Crippen molar-refractivity contribution in [3.8, 4) is 0 Å².